The largest absolute Gasteiger partial charge is 0.456 e. The van der Waals surface area contributed by atoms with E-state index in [2.05, 4.69) is 156 Å². The highest BCUT2D eigenvalue weighted by Gasteiger charge is 2.20. The quantitative estimate of drug-likeness (QED) is 0.180. The first kappa shape index (κ1) is 30.3. The Morgan fingerprint density at radius 2 is 0.926 bits per heavy atom. The maximum Gasteiger partial charge on any atom is 0.164 e. The van der Waals surface area contributed by atoms with E-state index in [1.807, 2.05) is 30.3 Å². The Morgan fingerprint density at radius 3 is 1.70 bits per heavy atom. The fraction of sp³-hybridized carbons (Fsp3) is 0. The Balaban J connectivity index is 1.09. The second-order valence-electron chi connectivity index (χ2n) is 13.6. The van der Waals surface area contributed by atoms with E-state index in [4.69, 9.17) is 19.4 Å². The third-order valence-corrected chi connectivity index (χ3v) is 10.5. The summed E-state index contributed by atoms with van der Waals surface area (Å²) in [5, 5.41) is 6.80. The highest BCUT2D eigenvalue weighted by molar-refractivity contribution is 6.12. The van der Waals surface area contributed by atoms with Gasteiger partial charge in [0.1, 0.15) is 11.2 Å². The first-order chi connectivity index (χ1) is 26.8. The van der Waals surface area contributed by atoms with Crippen molar-refractivity contribution in [3.63, 3.8) is 0 Å². The van der Waals surface area contributed by atoms with Crippen molar-refractivity contribution in [3.8, 4) is 51.0 Å². The topological polar surface area (TPSA) is 56.7 Å². The molecule has 3 aromatic heterocycles. The van der Waals surface area contributed by atoms with Crippen LogP contribution in [0.3, 0.4) is 0 Å². The minimum Gasteiger partial charge on any atom is -0.456 e. The molecular formula is C49H30N4O. The van der Waals surface area contributed by atoms with Gasteiger partial charge in [-0.1, -0.05) is 140 Å². The number of hydrogen-bond acceptors (Lipinski definition) is 4. The average molecular weight is 691 g/mol. The number of para-hydroxylation sites is 3. The van der Waals surface area contributed by atoms with E-state index in [0.717, 1.165) is 60.8 Å². The van der Waals surface area contributed by atoms with Gasteiger partial charge >= 0.3 is 0 Å². The van der Waals surface area contributed by atoms with E-state index in [9.17, 15) is 0 Å². The summed E-state index contributed by atoms with van der Waals surface area (Å²) < 4.78 is 8.62. The Hall–Kier alpha value is -7.37. The molecule has 0 amide bonds. The molecule has 0 radical (unpaired) electrons. The molecule has 252 valence electrons. The predicted octanol–water partition coefficient (Wildman–Crippen LogP) is 12.7. The molecule has 0 aliphatic carbocycles. The minimum atomic E-state index is 0.594. The normalized spacial score (nSPS) is 11.7. The number of aromatic nitrogens is 4. The van der Waals surface area contributed by atoms with Crippen molar-refractivity contribution in [2.75, 3.05) is 0 Å². The van der Waals surface area contributed by atoms with Crippen molar-refractivity contribution in [1.82, 2.24) is 19.5 Å². The maximum absolute atomic E-state index is 6.28. The smallest absolute Gasteiger partial charge is 0.164 e. The molecule has 0 unspecified atom stereocenters. The zero-order chi connectivity index (χ0) is 35.6. The van der Waals surface area contributed by atoms with Crippen molar-refractivity contribution in [1.29, 1.82) is 0 Å². The number of benzene rings is 8. The van der Waals surface area contributed by atoms with E-state index in [-0.39, 0.29) is 0 Å². The van der Waals surface area contributed by atoms with Crippen molar-refractivity contribution in [2.45, 2.75) is 0 Å². The molecule has 0 bridgehead atoms. The van der Waals surface area contributed by atoms with Crippen LogP contribution >= 0.6 is 0 Å². The molecule has 0 atom stereocenters. The van der Waals surface area contributed by atoms with E-state index >= 15 is 0 Å². The summed E-state index contributed by atoms with van der Waals surface area (Å²) in [6.45, 7) is 0. The summed E-state index contributed by atoms with van der Waals surface area (Å²) in [4.78, 5) is 15.6. The van der Waals surface area contributed by atoms with Gasteiger partial charge in [0.25, 0.3) is 0 Å². The van der Waals surface area contributed by atoms with Crippen LogP contribution in [0, 0.1) is 0 Å². The number of furan rings is 1. The summed E-state index contributed by atoms with van der Waals surface area (Å²) in [5.41, 5.74) is 9.98. The molecular weight excluding hydrogens is 661 g/mol. The van der Waals surface area contributed by atoms with Gasteiger partial charge in [0.05, 0.1) is 11.0 Å². The summed E-state index contributed by atoms with van der Waals surface area (Å²) in [7, 11) is 0. The molecule has 5 nitrogen and oxygen atoms in total. The van der Waals surface area contributed by atoms with Crippen LogP contribution < -0.4 is 0 Å². The summed E-state index contributed by atoms with van der Waals surface area (Å²) in [6, 6.07) is 63.3. The molecule has 8 aromatic carbocycles. The molecule has 5 heteroatoms. The summed E-state index contributed by atoms with van der Waals surface area (Å²) in [5.74, 6) is 1.81. The minimum absolute atomic E-state index is 0.594. The number of rotatable bonds is 5. The van der Waals surface area contributed by atoms with Crippen molar-refractivity contribution in [2.24, 2.45) is 0 Å². The van der Waals surface area contributed by atoms with Gasteiger partial charge in [0.2, 0.25) is 0 Å². The molecule has 3 heterocycles. The van der Waals surface area contributed by atoms with Gasteiger partial charge < -0.3 is 8.98 Å². The molecule has 0 spiro atoms. The van der Waals surface area contributed by atoms with Crippen LogP contribution in [0.1, 0.15) is 0 Å². The first-order valence-electron chi connectivity index (χ1n) is 18.1. The molecule has 0 aliphatic rings. The van der Waals surface area contributed by atoms with Gasteiger partial charge in [-0.2, -0.15) is 0 Å². The zero-order valence-corrected chi connectivity index (χ0v) is 29.0. The monoisotopic (exact) mass is 690 g/mol. The molecule has 0 fully saturated rings. The van der Waals surface area contributed by atoms with E-state index in [1.165, 1.54) is 27.2 Å². The SMILES string of the molecule is c1ccc(-c2nc(-c3ccc4ccccc4c3)nc(-c3cccc4oc5ccccc5c34)n2)c(-c2ccc(-n3c4ccccc4c4ccccc43)cc2)c1. The van der Waals surface area contributed by atoms with Gasteiger partial charge in [-0.25, -0.2) is 15.0 Å². The van der Waals surface area contributed by atoms with E-state index in [0.29, 0.717) is 17.5 Å². The Morgan fingerprint density at radius 1 is 0.370 bits per heavy atom. The van der Waals surface area contributed by atoms with Crippen LogP contribution in [-0.4, -0.2) is 19.5 Å². The van der Waals surface area contributed by atoms with E-state index in [1.54, 1.807) is 0 Å². The standard InChI is InChI=1S/C49H30N4O/c1-2-13-33-30-34(25-24-31(33)12-1)47-50-48(52-49(51-47)41-19-11-23-45-46(41)40-18-7-10-22-44(40)54-45)39-17-4-3-14-36(39)32-26-28-35(29-27-32)53-42-20-8-5-15-37(42)38-16-6-9-21-43(38)53/h1-30H. The molecule has 54 heavy (non-hydrogen) atoms. The molecule has 0 N–H and O–H groups in total. The van der Waals surface area contributed by atoms with Gasteiger partial charge in [-0.15, -0.1) is 0 Å². The van der Waals surface area contributed by atoms with Crippen molar-refractivity contribution in [3.05, 3.63) is 182 Å². The van der Waals surface area contributed by atoms with E-state index < -0.39 is 0 Å². The van der Waals surface area contributed by atoms with Crippen LogP contribution in [0.15, 0.2) is 186 Å². The highest BCUT2D eigenvalue weighted by Crippen LogP contribution is 2.39. The second kappa shape index (κ2) is 12.1. The third kappa shape index (κ3) is 4.83. The Kier molecular flexibility index (Phi) is 6.79. The fourth-order valence-corrected chi connectivity index (χ4v) is 7.96. The van der Waals surface area contributed by atoms with Crippen LogP contribution in [0.5, 0.6) is 0 Å². The molecule has 0 aliphatic heterocycles. The lowest BCUT2D eigenvalue weighted by atomic mass is 9.98. The van der Waals surface area contributed by atoms with Gasteiger partial charge in [0.15, 0.2) is 17.5 Å². The molecule has 11 rings (SSSR count). The maximum atomic E-state index is 6.28. The molecule has 0 saturated heterocycles. The Bertz CT molecular complexity index is 3170. The van der Waals surface area contributed by atoms with Crippen LogP contribution in [0.25, 0.3) is 105 Å². The lowest BCUT2D eigenvalue weighted by Gasteiger charge is -2.14. The van der Waals surface area contributed by atoms with Gasteiger partial charge in [0, 0.05) is 43.9 Å². The number of fused-ring (bicyclic) bond motifs is 7. The Labute approximate surface area is 310 Å². The van der Waals surface area contributed by atoms with Crippen LogP contribution in [-0.2, 0) is 0 Å². The lowest BCUT2D eigenvalue weighted by molar-refractivity contribution is 0.669. The van der Waals surface area contributed by atoms with Crippen LogP contribution in [0.4, 0.5) is 0 Å². The number of hydrogen-bond donors (Lipinski definition) is 0. The van der Waals surface area contributed by atoms with Crippen molar-refractivity contribution >= 4 is 54.5 Å². The zero-order valence-electron chi connectivity index (χ0n) is 29.0. The second-order valence-corrected chi connectivity index (χ2v) is 13.6. The number of nitrogens with zero attached hydrogens (tertiary/aromatic N) is 4. The van der Waals surface area contributed by atoms with Crippen molar-refractivity contribution < 1.29 is 4.42 Å². The summed E-state index contributed by atoms with van der Waals surface area (Å²) in [6.07, 6.45) is 0. The van der Waals surface area contributed by atoms with Crippen LogP contribution in [0.2, 0.25) is 0 Å². The molecule has 11 aromatic rings. The summed E-state index contributed by atoms with van der Waals surface area (Å²) >= 11 is 0. The fourth-order valence-electron chi connectivity index (χ4n) is 7.96. The first-order valence-corrected chi connectivity index (χ1v) is 18.1. The predicted molar refractivity (Wildman–Crippen MR) is 221 cm³/mol. The molecule has 0 saturated carbocycles. The highest BCUT2D eigenvalue weighted by atomic mass is 16.3. The average Bonchev–Trinajstić information content (AvgIpc) is 3.79. The van der Waals surface area contributed by atoms with Gasteiger partial charge in [-0.3, -0.25) is 0 Å². The lowest BCUT2D eigenvalue weighted by Crippen LogP contribution is -2.01. The third-order valence-electron chi connectivity index (χ3n) is 10.5. The van der Waals surface area contributed by atoms with Gasteiger partial charge in [-0.05, 0) is 64.4 Å².